The van der Waals surface area contributed by atoms with Crippen LogP contribution < -0.4 is 22.5 Å². The van der Waals surface area contributed by atoms with Gasteiger partial charge in [-0.15, -0.1) is 0 Å². The Labute approximate surface area is 160 Å². The van der Waals surface area contributed by atoms with E-state index < -0.39 is 12.0 Å². The van der Waals surface area contributed by atoms with Crippen LogP contribution >= 0.6 is 0 Å². The Morgan fingerprint density at radius 1 is 1.22 bits per heavy atom. The van der Waals surface area contributed by atoms with Crippen molar-refractivity contribution in [3.63, 3.8) is 0 Å². The average Bonchev–Trinajstić information content (AvgIpc) is 2.64. The van der Waals surface area contributed by atoms with Crippen molar-refractivity contribution in [2.45, 2.75) is 57.5 Å². The summed E-state index contributed by atoms with van der Waals surface area (Å²) in [7, 11) is 0. The summed E-state index contributed by atoms with van der Waals surface area (Å²) in [5.74, 6) is -1.11. The minimum Gasteiger partial charge on any atom is -0.480 e. The Bertz CT molecular complexity index is 557. The number of carbonyl (C=O) groups is 3. The first kappa shape index (κ1) is 24.7. The molecule has 0 saturated heterocycles. The second-order valence-electron chi connectivity index (χ2n) is 6.34. The number of amides is 1. The normalized spacial score (nSPS) is 14.5. The highest BCUT2D eigenvalue weighted by Gasteiger charge is 2.08. The SMILES string of the molecule is CC(=O)Nc1ccc(C=O)cc1.NC1CCCCC1.NCC[C@H](N)C(=O)O. The Kier molecular flexibility index (Phi) is 13.6. The van der Waals surface area contributed by atoms with Crippen molar-refractivity contribution in [1.82, 2.24) is 0 Å². The molecule has 1 aliphatic rings. The molecule has 0 spiro atoms. The van der Waals surface area contributed by atoms with Gasteiger partial charge >= 0.3 is 5.97 Å². The number of benzene rings is 1. The lowest BCUT2D eigenvalue weighted by molar-refractivity contribution is -0.138. The van der Waals surface area contributed by atoms with Crippen LogP contribution in [-0.4, -0.2) is 41.9 Å². The number of nitrogens with one attached hydrogen (secondary N) is 1. The van der Waals surface area contributed by atoms with E-state index in [0.29, 0.717) is 30.3 Å². The lowest BCUT2D eigenvalue weighted by Gasteiger charge is -2.15. The highest BCUT2D eigenvalue weighted by atomic mass is 16.4. The van der Waals surface area contributed by atoms with Crippen LogP contribution in [0.5, 0.6) is 0 Å². The van der Waals surface area contributed by atoms with Crippen molar-refractivity contribution in [2.24, 2.45) is 17.2 Å². The zero-order valence-electron chi connectivity index (χ0n) is 15.9. The molecule has 1 amide bonds. The van der Waals surface area contributed by atoms with E-state index >= 15 is 0 Å². The van der Waals surface area contributed by atoms with Crippen LogP contribution in [-0.2, 0) is 9.59 Å². The molecular weight excluding hydrogens is 348 g/mol. The summed E-state index contributed by atoms with van der Waals surface area (Å²) < 4.78 is 0. The highest BCUT2D eigenvalue weighted by molar-refractivity contribution is 5.89. The van der Waals surface area contributed by atoms with E-state index in [1.165, 1.54) is 39.0 Å². The van der Waals surface area contributed by atoms with E-state index in [2.05, 4.69) is 5.32 Å². The molecule has 0 heterocycles. The number of carboxylic acids is 1. The average molecular weight is 380 g/mol. The first-order valence-electron chi connectivity index (χ1n) is 9.07. The molecule has 8 nitrogen and oxygen atoms in total. The number of anilines is 1. The fourth-order valence-corrected chi connectivity index (χ4v) is 2.29. The zero-order valence-corrected chi connectivity index (χ0v) is 15.9. The topological polar surface area (TPSA) is 162 Å². The molecule has 152 valence electrons. The molecule has 1 fully saturated rings. The third-order valence-corrected chi connectivity index (χ3v) is 3.81. The molecule has 0 unspecified atom stereocenters. The molecule has 0 radical (unpaired) electrons. The molecule has 0 bridgehead atoms. The molecule has 27 heavy (non-hydrogen) atoms. The predicted octanol–water partition coefficient (Wildman–Crippen LogP) is 1.48. The Morgan fingerprint density at radius 2 is 1.78 bits per heavy atom. The molecule has 2 rings (SSSR count). The Morgan fingerprint density at radius 3 is 2.07 bits per heavy atom. The lowest BCUT2D eigenvalue weighted by Crippen LogP contribution is -2.32. The minimum absolute atomic E-state index is 0.117. The smallest absolute Gasteiger partial charge is 0.320 e. The van der Waals surface area contributed by atoms with Gasteiger partial charge in [0.1, 0.15) is 12.3 Å². The quantitative estimate of drug-likeness (QED) is 0.483. The van der Waals surface area contributed by atoms with Gasteiger partial charge in [0, 0.05) is 24.2 Å². The van der Waals surface area contributed by atoms with Crippen LogP contribution in [0.15, 0.2) is 24.3 Å². The van der Waals surface area contributed by atoms with Gasteiger partial charge in [-0.25, -0.2) is 0 Å². The standard InChI is InChI=1S/C9H9NO2.C6H13N.C4H10N2O2/c1-7(12)10-9-4-2-8(6-11)3-5-9;7-6-4-2-1-3-5-6;5-2-1-3(6)4(7)8/h2-6H,1H3,(H,10,12);6H,1-5,7H2;3H,1-2,5-6H2,(H,7,8)/t;;3-/m..0/s1. The van der Waals surface area contributed by atoms with Gasteiger partial charge in [-0.1, -0.05) is 19.3 Å². The van der Waals surface area contributed by atoms with E-state index in [9.17, 15) is 14.4 Å². The number of hydrogen-bond donors (Lipinski definition) is 5. The zero-order chi connectivity index (χ0) is 20.7. The molecule has 1 aromatic rings. The molecule has 1 aromatic carbocycles. The molecule has 0 aromatic heterocycles. The number of carboxylic acid groups (broad SMARTS) is 1. The Balaban J connectivity index is 0.000000395. The largest absolute Gasteiger partial charge is 0.480 e. The van der Waals surface area contributed by atoms with E-state index in [1.807, 2.05) is 0 Å². The van der Waals surface area contributed by atoms with Gasteiger partial charge in [0.05, 0.1) is 0 Å². The molecule has 0 aliphatic heterocycles. The predicted molar refractivity (Wildman–Crippen MR) is 106 cm³/mol. The van der Waals surface area contributed by atoms with Gasteiger partial charge < -0.3 is 27.6 Å². The van der Waals surface area contributed by atoms with Crippen LogP contribution in [0.4, 0.5) is 5.69 Å². The second kappa shape index (κ2) is 14.8. The summed E-state index contributed by atoms with van der Waals surface area (Å²) in [4.78, 5) is 30.7. The van der Waals surface area contributed by atoms with Gasteiger partial charge in [0.2, 0.25) is 5.91 Å². The second-order valence-corrected chi connectivity index (χ2v) is 6.34. The molecular formula is C19H32N4O4. The van der Waals surface area contributed by atoms with Crippen molar-refractivity contribution < 1.29 is 19.5 Å². The van der Waals surface area contributed by atoms with Gasteiger partial charge in [-0.05, 0) is 50.1 Å². The van der Waals surface area contributed by atoms with Crippen LogP contribution in [0.3, 0.4) is 0 Å². The summed E-state index contributed by atoms with van der Waals surface area (Å²) in [6.45, 7) is 1.76. The van der Waals surface area contributed by atoms with Crippen molar-refractivity contribution in [1.29, 1.82) is 0 Å². The number of nitrogens with two attached hydrogens (primary N) is 3. The maximum atomic E-state index is 10.6. The van der Waals surface area contributed by atoms with Gasteiger partial charge in [0.15, 0.2) is 0 Å². The summed E-state index contributed by atoms with van der Waals surface area (Å²) >= 11 is 0. The fraction of sp³-hybridized carbons (Fsp3) is 0.526. The van der Waals surface area contributed by atoms with Crippen LogP contribution in [0.2, 0.25) is 0 Å². The summed E-state index contributed by atoms with van der Waals surface area (Å²) in [6.07, 6.45) is 7.77. The van der Waals surface area contributed by atoms with E-state index in [-0.39, 0.29) is 5.91 Å². The van der Waals surface area contributed by atoms with Crippen molar-refractivity contribution >= 4 is 23.9 Å². The number of rotatable bonds is 5. The van der Waals surface area contributed by atoms with Crippen molar-refractivity contribution in [3.05, 3.63) is 29.8 Å². The van der Waals surface area contributed by atoms with E-state index in [4.69, 9.17) is 22.3 Å². The third-order valence-electron chi connectivity index (χ3n) is 3.81. The molecule has 8 heteroatoms. The number of aldehydes is 1. The van der Waals surface area contributed by atoms with Crippen LogP contribution in [0.25, 0.3) is 0 Å². The molecule has 1 aliphatic carbocycles. The fourth-order valence-electron chi connectivity index (χ4n) is 2.29. The monoisotopic (exact) mass is 380 g/mol. The summed E-state index contributed by atoms with van der Waals surface area (Å²) in [5.41, 5.74) is 17.0. The Hall–Kier alpha value is -2.29. The van der Waals surface area contributed by atoms with Crippen molar-refractivity contribution in [3.8, 4) is 0 Å². The molecule has 1 saturated carbocycles. The maximum Gasteiger partial charge on any atom is 0.320 e. The van der Waals surface area contributed by atoms with Gasteiger partial charge in [-0.2, -0.15) is 0 Å². The number of aliphatic carboxylic acids is 1. The first-order valence-corrected chi connectivity index (χ1v) is 9.07. The van der Waals surface area contributed by atoms with E-state index in [0.717, 1.165) is 6.29 Å². The third kappa shape index (κ3) is 13.6. The van der Waals surface area contributed by atoms with Crippen LogP contribution in [0, 0.1) is 0 Å². The first-order chi connectivity index (χ1) is 12.8. The van der Waals surface area contributed by atoms with Crippen LogP contribution in [0.1, 0.15) is 55.8 Å². The van der Waals surface area contributed by atoms with E-state index in [1.54, 1.807) is 24.3 Å². The van der Waals surface area contributed by atoms with Gasteiger partial charge in [-0.3, -0.25) is 14.4 Å². The maximum absolute atomic E-state index is 10.6. The lowest BCUT2D eigenvalue weighted by atomic mass is 9.97. The molecule has 1 atom stereocenters. The van der Waals surface area contributed by atoms with Crippen molar-refractivity contribution in [2.75, 3.05) is 11.9 Å². The van der Waals surface area contributed by atoms with Gasteiger partial charge in [0.25, 0.3) is 0 Å². The summed E-state index contributed by atoms with van der Waals surface area (Å²) in [6, 6.07) is 6.42. The summed E-state index contributed by atoms with van der Waals surface area (Å²) in [5, 5.41) is 10.7. The molecule has 8 N–H and O–H groups in total. The highest BCUT2D eigenvalue weighted by Crippen LogP contribution is 2.14. The number of hydrogen-bond acceptors (Lipinski definition) is 6. The number of carbonyl (C=O) groups excluding carboxylic acids is 2. The minimum atomic E-state index is -0.990.